The van der Waals surface area contributed by atoms with Crippen LogP contribution in [0, 0.1) is 0 Å². The molecular formula is C16H25ClN2O3. The molecule has 1 aromatic rings. The van der Waals surface area contributed by atoms with E-state index in [0.717, 1.165) is 38.6 Å². The molecule has 1 aromatic carbocycles. The van der Waals surface area contributed by atoms with Crippen LogP contribution >= 0.6 is 11.6 Å². The van der Waals surface area contributed by atoms with Crippen molar-refractivity contribution >= 4 is 11.6 Å². The number of benzene rings is 1. The van der Waals surface area contributed by atoms with E-state index in [2.05, 4.69) is 9.80 Å². The van der Waals surface area contributed by atoms with Gasteiger partial charge in [0.15, 0.2) is 0 Å². The van der Waals surface area contributed by atoms with E-state index in [1.807, 2.05) is 31.3 Å². The summed E-state index contributed by atoms with van der Waals surface area (Å²) in [6.07, 6.45) is -0.348. The Morgan fingerprint density at radius 2 is 2.00 bits per heavy atom. The number of halogens is 1. The van der Waals surface area contributed by atoms with Gasteiger partial charge in [-0.25, -0.2) is 0 Å². The van der Waals surface area contributed by atoms with Gasteiger partial charge in [0, 0.05) is 37.7 Å². The third-order valence-corrected chi connectivity index (χ3v) is 3.90. The molecule has 1 heterocycles. The van der Waals surface area contributed by atoms with Gasteiger partial charge >= 0.3 is 0 Å². The summed E-state index contributed by atoms with van der Waals surface area (Å²) in [5.74, 6) is 0.812. The van der Waals surface area contributed by atoms with Gasteiger partial charge in [-0.05, 0) is 31.3 Å². The number of nitrogens with zero attached hydrogens (tertiary/aromatic N) is 2. The zero-order chi connectivity index (χ0) is 15.8. The molecule has 1 fully saturated rings. The van der Waals surface area contributed by atoms with Crippen LogP contribution < -0.4 is 4.74 Å². The molecule has 1 atom stereocenters. The smallest absolute Gasteiger partial charge is 0.119 e. The van der Waals surface area contributed by atoms with Gasteiger partial charge in [0.2, 0.25) is 0 Å². The highest BCUT2D eigenvalue weighted by atomic mass is 35.5. The average Bonchev–Trinajstić information content (AvgIpc) is 2.50. The van der Waals surface area contributed by atoms with Crippen LogP contribution in [0.25, 0.3) is 0 Å². The van der Waals surface area contributed by atoms with Gasteiger partial charge in [0.1, 0.15) is 12.4 Å². The highest BCUT2D eigenvalue weighted by molar-refractivity contribution is 6.30. The normalized spacial score (nSPS) is 17.6. The predicted octanol–water partition coefficient (Wildman–Crippen LogP) is 1.34. The van der Waals surface area contributed by atoms with E-state index in [1.165, 1.54) is 0 Å². The van der Waals surface area contributed by atoms with Crippen molar-refractivity contribution in [2.45, 2.75) is 6.10 Å². The van der Waals surface area contributed by atoms with Crippen molar-refractivity contribution < 1.29 is 14.6 Å². The van der Waals surface area contributed by atoms with Crippen LogP contribution in [-0.4, -0.2) is 80.6 Å². The van der Waals surface area contributed by atoms with Crippen LogP contribution in [-0.2, 0) is 4.74 Å². The number of hydrogen-bond acceptors (Lipinski definition) is 5. The van der Waals surface area contributed by atoms with Crippen LogP contribution in [0.3, 0.4) is 0 Å². The number of β-amino-alcohol motifs (C(OH)–C–C–N with tert-alkyl or cyclic N) is 1. The number of ether oxygens (including phenoxy) is 2. The van der Waals surface area contributed by atoms with Crippen LogP contribution in [0.4, 0.5) is 0 Å². The van der Waals surface area contributed by atoms with Crippen LogP contribution in [0.5, 0.6) is 5.75 Å². The standard InChI is InChI=1S/C16H25ClN2O3/c1-18(6-11-22-16-4-2-14(17)3-5-16)12-15(20)13-19-7-9-21-10-8-19/h2-5,15,20H,6-13H2,1H3. The number of morpholine rings is 1. The monoisotopic (exact) mass is 328 g/mol. The van der Waals surface area contributed by atoms with Gasteiger partial charge in [-0.3, -0.25) is 4.90 Å². The van der Waals surface area contributed by atoms with Gasteiger partial charge in [-0.1, -0.05) is 11.6 Å². The molecule has 0 radical (unpaired) electrons. The lowest BCUT2D eigenvalue weighted by atomic mass is 10.3. The lowest BCUT2D eigenvalue weighted by molar-refractivity contribution is 0.00812. The summed E-state index contributed by atoms with van der Waals surface area (Å²) in [4.78, 5) is 4.33. The molecule has 1 saturated heterocycles. The molecule has 0 amide bonds. The summed E-state index contributed by atoms with van der Waals surface area (Å²) >= 11 is 5.83. The van der Waals surface area contributed by atoms with E-state index in [4.69, 9.17) is 21.1 Å². The summed E-state index contributed by atoms with van der Waals surface area (Å²) in [5.41, 5.74) is 0. The Hall–Kier alpha value is -0.850. The van der Waals surface area contributed by atoms with E-state index in [-0.39, 0.29) is 6.10 Å². The van der Waals surface area contributed by atoms with E-state index in [9.17, 15) is 5.11 Å². The summed E-state index contributed by atoms with van der Waals surface area (Å²) in [5, 5.41) is 10.8. The quantitative estimate of drug-likeness (QED) is 0.780. The van der Waals surface area contributed by atoms with Gasteiger partial charge in [-0.2, -0.15) is 0 Å². The minimum atomic E-state index is -0.348. The van der Waals surface area contributed by atoms with Crippen LogP contribution in [0.15, 0.2) is 24.3 Å². The molecule has 1 unspecified atom stereocenters. The Kier molecular flexibility index (Phi) is 7.42. The van der Waals surface area contributed by atoms with Crippen molar-refractivity contribution in [3.05, 3.63) is 29.3 Å². The lowest BCUT2D eigenvalue weighted by Gasteiger charge is -2.30. The number of aliphatic hydroxyl groups excluding tert-OH is 1. The van der Waals surface area contributed by atoms with Crippen molar-refractivity contribution in [2.75, 3.05) is 59.6 Å². The zero-order valence-corrected chi connectivity index (χ0v) is 13.8. The molecule has 2 rings (SSSR count). The van der Waals surface area contributed by atoms with Gasteiger partial charge in [-0.15, -0.1) is 0 Å². The Bertz CT molecular complexity index is 424. The number of likely N-dealkylation sites (N-methyl/N-ethyl adjacent to an activating group) is 1. The predicted molar refractivity (Wildman–Crippen MR) is 87.7 cm³/mol. The summed E-state index contributed by atoms with van der Waals surface area (Å²) in [7, 11) is 1.99. The van der Waals surface area contributed by atoms with E-state index < -0.39 is 0 Å². The number of rotatable bonds is 8. The highest BCUT2D eigenvalue weighted by Gasteiger charge is 2.16. The fourth-order valence-corrected chi connectivity index (χ4v) is 2.57. The van der Waals surface area contributed by atoms with Crippen molar-refractivity contribution in [1.29, 1.82) is 0 Å². The van der Waals surface area contributed by atoms with Gasteiger partial charge < -0.3 is 19.5 Å². The molecule has 22 heavy (non-hydrogen) atoms. The molecule has 5 nitrogen and oxygen atoms in total. The first-order valence-electron chi connectivity index (χ1n) is 7.68. The fraction of sp³-hybridized carbons (Fsp3) is 0.625. The summed E-state index contributed by atoms with van der Waals surface area (Å²) < 4.78 is 11.0. The first kappa shape index (κ1) is 17.5. The van der Waals surface area contributed by atoms with Gasteiger partial charge in [0.25, 0.3) is 0 Å². The number of aliphatic hydroxyl groups is 1. The molecular weight excluding hydrogens is 304 g/mol. The second-order valence-electron chi connectivity index (χ2n) is 5.63. The molecule has 1 aliphatic heterocycles. The summed E-state index contributed by atoms with van der Waals surface area (Å²) in [6.45, 7) is 6.02. The Morgan fingerprint density at radius 3 is 2.68 bits per heavy atom. The van der Waals surface area contributed by atoms with E-state index in [0.29, 0.717) is 24.7 Å². The number of hydrogen-bond donors (Lipinski definition) is 1. The zero-order valence-electron chi connectivity index (χ0n) is 13.1. The fourth-order valence-electron chi connectivity index (χ4n) is 2.44. The highest BCUT2D eigenvalue weighted by Crippen LogP contribution is 2.15. The largest absolute Gasteiger partial charge is 0.492 e. The van der Waals surface area contributed by atoms with Gasteiger partial charge in [0.05, 0.1) is 19.3 Å². The van der Waals surface area contributed by atoms with Crippen molar-refractivity contribution in [3.63, 3.8) is 0 Å². The van der Waals surface area contributed by atoms with Crippen LogP contribution in [0.1, 0.15) is 0 Å². The maximum atomic E-state index is 10.1. The maximum absolute atomic E-state index is 10.1. The van der Waals surface area contributed by atoms with Crippen molar-refractivity contribution in [1.82, 2.24) is 9.80 Å². The Balaban J connectivity index is 1.60. The first-order chi connectivity index (χ1) is 10.6. The summed E-state index contributed by atoms with van der Waals surface area (Å²) in [6, 6.07) is 7.34. The van der Waals surface area contributed by atoms with E-state index >= 15 is 0 Å². The molecule has 1 N–H and O–H groups in total. The van der Waals surface area contributed by atoms with Crippen molar-refractivity contribution in [3.8, 4) is 5.75 Å². The first-order valence-corrected chi connectivity index (χ1v) is 8.06. The Labute approximate surface area is 137 Å². The van der Waals surface area contributed by atoms with E-state index in [1.54, 1.807) is 0 Å². The molecule has 1 aliphatic rings. The molecule has 0 bridgehead atoms. The second kappa shape index (κ2) is 9.33. The van der Waals surface area contributed by atoms with Crippen molar-refractivity contribution in [2.24, 2.45) is 0 Å². The SMILES string of the molecule is CN(CCOc1ccc(Cl)cc1)CC(O)CN1CCOCC1. The minimum absolute atomic E-state index is 0.348. The topological polar surface area (TPSA) is 45.2 Å². The molecule has 6 heteroatoms. The molecule has 124 valence electrons. The molecule has 0 aromatic heterocycles. The molecule has 0 aliphatic carbocycles. The molecule has 0 spiro atoms. The average molecular weight is 329 g/mol. The van der Waals surface area contributed by atoms with Crippen LogP contribution in [0.2, 0.25) is 5.02 Å². The lowest BCUT2D eigenvalue weighted by Crippen LogP contribution is -2.44. The Morgan fingerprint density at radius 1 is 1.32 bits per heavy atom. The third kappa shape index (κ3) is 6.50. The second-order valence-corrected chi connectivity index (χ2v) is 6.07. The maximum Gasteiger partial charge on any atom is 0.119 e. The third-order valence-electron chi connectivity index (χ3n) is 3.65. The minimum Gasteiger partial charge on any atom is -0.492 e. The molecule has 0 saturated carbocycles.